The molecule has 0 fully saturated rings. The molecule has 0 spiro atoms. The van der Waals surface area contributed by atoms with Crippen molar-refractivity contribution in [2.45, 2.75) is 11.8 Å². The minimum atomic E-state index is -0.448. The second-order valence-corrected chi connectivity index (χ2v) is 4.10. The van der Waals surface area contributed by atoms with Crippen LogP contribution in [0.2, 0.25) is 0 Å². The van der Waals surface area contributed by atoms with E-state index in [1.54, 1.807) is 0 Å². The van der Waals surface area contributed by atoms with E-state index >= 15 is 0 Å². The minimum Gasteiger partial charge on any atom is -0.491 e. The van der Waals surface area contributed by atoms with Crippen LogP contribution < -0.4 is 4.74 Å². The molecule has 0 aliphatic heterocycles. The van der Waals surface area contributed by atoms with Crippen molar-refractivity contribution in [3.05, 3.63) is 29.8 Å². The van der Waals surface area contributed by atoms with Gasteiger partial charge in [0.2, 0.25) is 0 Å². The zero-order chi connectivity index (χ0) is 9.68. The van der Waals surface area contributed by atoms with Gasteiger partial charge in [0.1, 0.15) is 19.0 Å². The Bertz CT molecular complexity index is 246. The molecule has 0 saturated carbocycles. The highest BCUT2D eigenvalue weighted by Gasteiger charge is 2.00. The van der Waals surface area contributed by atoms with Gasteiger partial charge in [-0.25, -0.2) is 4.39 Å². The highest BCUT2D eigenvalue weighted by molar-refractivity contribution is 9.09. The predicted molar refractivity (Wildman–Crippen MR) is 55.3 cm³/mol. The van der Waals surface area contributed by atoms with Crippen molar-refractivity contribution in [2.24, 2.45) is 0 Å². The molecular weight excluding hydrogens is 235 g/mol. The maximum Gasteiger partial charge on any atom is 0.123 e. The molecule has 0 amide bonds. The van der Waals surface area contributed by atoms with Crippen LogP contribution in [-0.2, 0) is 0 Å². The van der Waals surface area contributed by atoms with Crippen LogP contribution >= 0.6 is 15.9 Å². The maximum atomic E-state index is 11.8. The van der Waals surface area contributed by atoms with Gasteiger partial charge < -0.3 is 4.74 Å². The first kappa shape index (κ1) is 10.5. The summed E-state index contributed by atoms with van der Waals surface area (Å²) in [7, 11) is 0. The first-order chi connectivity index (χ1) is 6.24. The van der Waals surface area contributed by atoms with E-state index in [0.717, 1.165) is 5.75 Å². The lowest BCUT2D eigenvalue weighted by Gasteiger charge is -2.06. The van der Waals surface area contributed by atoms with E-state index in [9.17, 15) is 4.39 Å². The Kier molecular flexibility index (Phi) is 4.22. The third-order valence-electron chi connectivity index (χ3n) is 1.69. The molecule has 0 aromatic heterocycles. The maximum absolute atomic E-state index is 11.8. The van der Waals surface area contributed by atoms with Gasteiger partial charge in [0.05, 0.1) is 0 Å². The molecule has 0 bridgehead atoms. The van der Waals surface area contributed by atoms with E-state index in [1.165, 1.54) is 5.56 Å². The van der Waals surface area contributed by atoms with E-state index < -0.39 is 6.67 Å². The van der Waals surface area contributed by atoms with Crippen molar-refractivity contribution in [3.63, 3.8) is 0 Å². The number of rotatable bonds is 4. The van der Waals surface area contributed by atoms with Gasteiger partial charge in [0.25, 0.3) is 0 Å². The van der Waals surface area contributed by atoms with Crippen LogP contribution in [0.4, 0.5) is 4.39 Å². The Hall–Kier alpha value is -0.570. The fourth-order valence-electron chi connectivity index (χ4n) is 0.986. The average Bonchev–Trinajstić information content (AvgIpc) is 2.15. The molecule has 0 unspecified atom stereocenters. The van der Waals surface area contributed by atoms with Crippen LogP contribution in [0.15, 0.2) is 24.3 Å². The molecule has 1 nitrogen and oxygen atoms in total. The third-order valence-corrected chi connectivity index (χ3v) is 2.21. The number of hydrogen-bond donors (Lipinski definition) is 0. The zero-order valence-corrected chi connectivity index (χ0v) is 9.05. The Morgan fingerprint density at radius 3 is 2.46 bits per heavy atom. The summed E-state index contributed by atoms with van der Waals surface area (Å²) in [5.74, 6) is 0.717. The Morgan fingerprint density at radius 1 is 1.38 bits per heavy atom. The molecule has 1 aromatic carbocycles. The molecule has 0 aliphatic carbocycles. The molecule has 3 heteroatoms. The van der Waals surface area contributed by atoms with Gasteiger partial charge in [0, 0.05) is 4.83 Å². The van der Waals surface area contributed by atoms with Gasteiger partial charge in [-0.2, -0.15) is 0 Å². The summed E-state index contributed by atoms with van der Waals surface area (Å²) in [6.07, 6.45) is 0. The first-order valence-electron chi connectivity index (χ1n) is 4.17. The van der Waals surface area contributed by atoms with E-state index in [1.807, 2.05) is 24.3 Å². The quantitative estimate of drug-likeness (QED) is 0.740. The van der Waals surface area contributed by atoms with Crippen molar-refractivity contribution >= 4 is 15.9 Å². The van der Waals surface area contributed by atoms with Crippen molar-refractivity contribution in [3.8, 4) is 5.75 Å². The Morgan fingerprint density at radius 2 is 2.00 bits per heavy atom. The van der Waals surface area contributed by atoms with Gasteiger partial charge in [-0.3, -0.25) is 0 Å². The topological polar surface area (TPSA) is 9.23 Å². The Balaban J connectivity index is 2.59. The van der Waals surface area contributed by atoms with Crippen molar-refractivity contribution in [1.29, 1.82) is 0 Å². The molecular formula is C10H12BrFO. The fourth-order valence-corrected chi connectivity index (χ4v) is 1.29. The molecule has 0 saturated heterocycles. The minimum absolute atomic E-state index is 0.128. The zero-order valence-electron chi connectivity index (χ0n) is 7.47. The van der Waals surface area contributed by atoms with Gasteiger partial charge in [0.15, 0.2) is 0 Å². The SMILES string of the molecule is C[C@H](Br)c1ccc(OCCF)cc1. The molecule has 0 radical (unpaired) electrons. The van der Waals surface area contributed by atoms with Crippen LogP contribution in [0, 0.1) is 0 Å². The smallest absolute Gasteiger partial charge is 0.123 e. The molecule has 13 heavy (non-hydrogen) atoms. The average molecular weight is 247 g/mol. The first-order valence-corrected chi connectivity index (χ1v) is 5.08. The second-order valence-electron chi connectivity index (χ2n) is 2.72. The van der Waals surface area contributed by atoms with E-state index in [2.05, 4.69) is 22.9 Å². The van der Waals surface area contributed by atoms with E-state index in [0.29, 0.717) is 4.83 Å². The van der Waals surface area contributed by atoms with Crippen molar-refractivity contribution < 1.29 is 9.13 Å². The van der Waals surface area contributed by atoms with Crippen LogP contribution in [0.1, 0.15) is 17.3 Å². The van der Waals surface area contributed by atoms with Gasteiger partial charge in [-0.05, 0) is 24.6 Å². The van der Waals surface area contributed by atoms with Gasteiger partial charge in [-0.1, -0.05) is 28.1 Å². The van der Waals surface area contributed by atoms with Crippen molar-refractivity contribution in [1.82, 2.24) is 0 Å². The fraction of sp³-hybridized carbons (Fsp3) is 0.400. The highest BCUT2D eigenvalue weighted by atomic mass is 79.9. The summed E-state index contributed by atoms with van der Waals surface area (Å²) in [6.45, 7) is 1.73. The lowest BCUT2D eigenvalue weighted by atomic mass is 10.2. The van der Waals surface area contributed by atoms with Gasteiger partial charge in [-0.15, -0.1) is 0 Å². The summed E-state index contributed by atoms with van der Waals surface area (Å²) in [4.78, 5) is 0.336. The molecule has 1 rings (SSSR count). The van der Waals surface area contributed by atoms with Crippen LogP contribution in [-0.4, -0.2) is 13.3 Å². The monoisotopic (exact) mass is 246 g/mol. The predicted octanol–water partition coefficient (Wildman–Crippen LogP) is 3.49. The number of alkyl halides is 2. The second kappa shape index (κ2) is 5.22. The number of halogens is 2. The van der Waals surface area contributed by atoms with E-state index in [4.69, 9.17) is 4.74 Å². The number of benzene rings is 1. The summed E-state index contributed by atoms with van der Waals surface area (Å²) in [5, 5.41) is 0. The van der Waals surface area contributed by atoms with Crippen LogP contribution in [0.25, 0.3) is 0 Å². The molecule has 0 N–H and O–H groups in total. The number of hydrogen-bond acceptors (Lipinski definition) is 1. The third kappa shape index (κ3) is 3.35. The lowest BCUT2D eigenvalue weighted by molar-refractivity contribution is 0.273. The summed E-state index contributed by atoms with van der Waals surface area (Å²) in [5.41, 5.74) is 1.19. The van der Waals surface area contributed by atoms with E-state index in [-0.39, 0.29) is 6.61 Å². The standard InChI is InChI=1S/C10H12BrFO/c1-8(11)9-2-4-10(5-3-9)13-7-6-12/h2-5,8H,6-7H2,1H3/t8-/m0/s1. The highest BCUT2D eigenvalue weighted by Crippen LogP contribution is 2.23. The molecule has 0 aliphatic rings. The molecule has 1 aromatic rings. The molecule has 0 heterocycles. The normalized spacial score (nSPS) is 12.5. The van der Waals surface area contributed by atoms with Crippen molar-refractivity contribution in [2.75, 3.05) is 13.3 Å². The molecule has 72 valence electrons. The summed E-state index contributed by atoms with van der Waals surface area (Å²) in [6, 6.07) is 7.63. The summed E-state index contributed by atoms with van der Waals surface area (Å²) < 4.78 is 16.9. The largest absolute Gasteiger partial charge is 0.491 e. The molecule has 1 atom stereocenters. The van der Waals surface area contributed by atoms with Crippen LogP contribution in [0.3, 0.4) is 0 Å². The Labute approximate surface area is 86.0 Å². The summed E-state index contributed by atoms with van der Waals surface area (Å²) >= 11 is 3.46. The van der Waals surface area contributed by atoms with Crippen LogP contribution in [0.5, 0.6) is 5.75 Å². The lowest BCUT2D eigenvalue weighted by Crippen LogP contribution is -1.98. The number of ether oxygens (including phenoxy) is 1. The van der Waals surface area contributed by atoms with Gasteiger partial charge >= 0.3 is 0 Å².